The molecule has 0 fully saturated rings. The van der Waals surface area contributed by atoms with Crippen molar-refractivity contribution in [1.82, 2.24) is 10.2 Å². The SMILES string of the molecule is CCCNC(C)c1ccccc1OC(C)C(=O)N(C)C. The summed E-state index contributed by atoms with van der Waals surface area (Å²) in [4.78, 5) is 13.4. The van der Waals surface area contributed by atoms with Crippen molar-refractivity contribution in [1.29, 1.82) is 0 Å². The minimum Gasteiger partial charge on any atom is -0.481 e. The fourth-order valence-corrected chi connectivity index (χ4v) is 2.02. The number of benzene rings is 1. The Morgan fingerprint density at radius 3 is 2.55 bits per heavy atom. The normalized spacial score (nSPS) is 13.7. The van der Waals surface area contributed by atoms with Crippen LogP contribution in [0, 0.1) is 0 Å². The van der Waals surface area contributed by atoms with Gasteiger partial charge in [-0.2, -0.15) is 0 Å². The number of carbonyl (C=O) groups is 1. The van der Waals surface area contributed by atoms with E-state index in [9.17, 15) is 4.79 Å². The molecule has 1 aromatic rings. The molecule has 20 heavy (non-hydrogen) atoms. The molecule has 0 aliphatic carbocycles. The minimum absolute atomic E-state index is 0.0334. The van der Waals surface area contributed by atoms with Crippen LogP contribution in [-0.4, -0.2) is 37.6 Å². The highest BCUT2D eigenvalue weighted by atomic mass is 16.5. The number of hydrogen-bond acceptors (Lipinski definition) is 3. The van der Waals surface area contributed by atoms with Gasteiger partial charge in [0.1, 0.15) is 5.75 Å². The van der Waals surface area contributed by atoms with Crippen LogP contribution in [0.4, 0.5) is 0 Å². The molecule has 0 saturated carbocycles. The Bertz CT molecular complexity index is 432. The zero-order valence-electron chi connectivity index (χ0n) is 13.1. The molecule has 0 heterocycles. The predicted octanol–water partition coefficient (Wildman–Crippen LogP) is 2.60. The summed E-state index contributed by atoms with van der Waals surface area (Å²) in [7, 11) is 3.47. The minimum atomic E-state index is -0.482. The summed E-state index contributed by atoms with van der Waals surface area (Å²) in [5.41, 5.74) is 1.08. The number of para-hydroxylation sites is 1. The molecule has 0 aromatic heterocycles. The number of hydrogen-bond donors (Lipinski definition) is 1. The molecule has 1 amide bonds. The van der Waals surface area contributed by atoms with Gasteiger partial charge in [-0.1, -0.05) is 25.1 Å². The quantitative estimate of drug-likeness (QED) is 0.833. The van der Waals surface area contributed by atoms with Gasteiger partial charge in [-0.3, -0.25) is 4.79 Å². The van der Waals surface area contributed by atoms with Crippen molar-refractivity contribution in [3.8, 4) is 5.75 Å². The summed E-state index contributed by atoms with van der Waals surface area (Å²) in [5, 5.41) is 3.44. The molecule has 0 spiro atoms. The molecule has 0 bridgehead atoms. The second-order valence-corrected chi connectivity index (χ2v) is 5.21. The lowest BCUT2D eigenvalue weighted by Crippen LogP contribution is -2.35. The summed E-state index contributed by atoms with van der Waals surface area (Å²) in [6.45, 7) is 6.99. The maximum Gasteiger partial charge on any atom is 0.262 e. The van der Waals surface area contributed by atoms with Crippen LogP contribution in [-0.2, 0) is 4.79 Å². The van der Waals surface area contributed by atoms with Gasteiger partial charge in [0, 0.05) is 25.7 Å². The van der Waals surface area contributed by atoms with E-state index in [1.807, 2.05) is 24.3 Å². The zero-order chi connectivity index (χ0) is 15.1. The summed E-state index contributed by atoms with van der Waals surface area (Å²) in [6, 6.07) is 8.07. The van der Waals surface area contributed by atoms with Crippen molar-refractivity contribution in [2.45, 2.75) is 39.3 Å². The summed E-state index contributed by atoms with van der Waals surface area (Å²) >= 11 is 0. The maximum absolute atomic E-state index is 11.9. The molecule has 112 valence electrons. The van der Waals surface area contributed by atoms with Crippen molar-refractivity contribution in [3.05, 3.63) is 29.8 Å². The predicted molar refractivity (Wildman–Crippen MR) is 81.9 cm³/mol. The monoisotopic (exact) mass is 278 g/mol. The lowest BCUT2D eigenvalue weighted by molar-refractivity contribution is -0.135. The Morgan fingerprint density at radius 1 is 1.30 bits per heavy atom. The van der Waals surface area contributed by atoms with Crippen LogP contribution >= 0.6 is 0 Å². The zero-order valence-corrected chi connectivity index (χ0v) is 13.1. The van der Waals surface area contributed by atoms with Crippen LogP contribution in [0.25, 0.3) is 0 Å². The molecule has 1 aromatic carbocycles. The van der Waals surface area contributed by atoms with E-state index in [1.165, 1.54) is 0 Å². The van der Waals surface area contributed by atoms with E-state index in [-0.39, 0.29) is 11.9 Å². The first-order chi connectivity index (χ1) is 9.47. The van der Waals surface area contributed by atoms with E-state index in [0.29, 0.717) is 0 Å². The molecule has 2 atom stereocenters. The molecule has 4 heteroatoms. The summed E-state index contributed by atoms with van der Waals surface area (Å²) in [5.74, 6) is 0.736. The van der Waals surface area contributed by atoms with Gasteiger partial charge < -0.3 is 15.0 Å². The van der Waals surface area contributed by atoms with Crippen LogP contribution in [0.15, 0.2) is 24.3 Å². The Hall–Kier alpha value is -1.55. The first kappa shape index (κ1) is 16.5. The van der Waals surface area contributed by atoms with Crippen molar-refractivity contribution in [3.63, 3.8) is 0 Å². The molecule has 1 N–H and O–H groups in total. The van der Waals surface area contributed by atoms with Crippen molar-refractivity contribution >= 4 is 5.91 Å². The summed E-state index contributed by atoms with van der Waals surface area (Å²) in [6.07, 6.45) is 0.604. The third kappa shape index (κ3) is 4.53. The molecular weight excluding hydrogens is 252 g/mol. The molecule has 0 saturated heterocycles. The first-order valence-electron chi connectivity index (χ1n) is 7.17. The molecule has 0 aliphatic heterocycles. The molecule has 2 unspecified atom stereocenters. The average Bonchev–Trinajstić information content (AvgIpc) is 2.44. The van der Waals surface area contributed by atoms with Gasteiger partial charge in [0.15, 0.2) is 6.10 Å². The fraction of sp³-hybridized carbons (Fsp3) is 0.562. The maximum atomic E-state index is 11.9. The standard InChI is InChI=1S/C16H26N2O2/c1-6-11-17-12(2)14-9-7-8-10-15(14)20-13(3)16(19)18(4)5/h7-10,12-13,17H,6,11H2,1-5H3. The van der Waals surface area contributed by atoms with Crippen LogP contribution in [0.2, 0.25) is 0 Å². The number of likely N-dealkylation sites (N-methyl/N-ethyl adjacent to an activating group) is 1. The van der Waals surface area contributed by atoms with E-state index >= 15 is 0 Å². The van der Waals surface area contributed by atoms with E-state index in [2.05, 4.69) is 19.2 Å². The van der Waals surface area contributed by atoms with Crippen molar-refractivity contribution in [2.24, 2.45) is 0 Å². The van der Waals surface area contributed by atoms with Crippen LogP contribution < -0.4 is 10.1 Å². The molecule has 0 aliphatic rings. The number of rotatable bonds is 7. The van der Waals surface area contributed by atoms with E-state index in [4.69, 9.17) is 4.74 Å². The Labute approximate surface area is 122 Å². The second-order valence-electron chi connectivity index (χ2n) is 5.21. The van der Waals surface area contributed by atoms with E-state index in [1.54, 1.807) is 25.9 Å². The first-order valence-corrected chi connectivity index (χ1v) is 7.17. The van der Waals surface area contributed by atoms with E-state index in [0.717, 1.165) is 24.3 Å². The number of ether oxygens (including phenoxy) is 1. The van der Waals surface area contributed by atoms with Gasteiger partial charge in [-0.25, -0.2) is 0 Å². The van der Waals surface area contributed by atoms with Gasteiger partial charge in [0.25, 0.3) is 5.91 Å². The Morgan fingerprint density at radius 2 is 1.95 bits per heavy atom. The van der Waals surface area contributed by atoms with Gasteiger partial charge in [0.2, 0.25) is 0 Å². The number of nitrogens with one attached hydrogen (secondary N) is 1. The highest BCUT2D eigenvalue weighted by molar-refractivity contribution is 5.80. The molecule has 4 nitrogen and oxygen atoms in total. The molecule has 1 rings (SSSR count). The van der Waals surface area contributed by atoms with Crippen LogP contribution in [0.5, 0.6) is 5.75 Å². The van der Waals surface area contributed by atoms with Crippen molar-refractivity contribution < 1.29 is 9.53 Å². The third-order valence-electron chi connectivity index (χ3n) is 3.18. The summed E-state index contributed by atoms with van der Waals surface area (Å²) < 4.78 is 5.84. The average molecular weight is 278 g/mol. The lowest BCUT2D eigenvalue weighted by atomic mass is 10.1. The third-order valence-corrected chi connectivity index (χ3v) is 3.18. The highest BCUT2D eigenvalue weighted by Crippen LogP contribution is 2.25. The van der Waals surface area contributed by atoms with Gasteiger partial charge in [0.05, 0.1) is 0 Å². The lowest BCUT2D eigenvalue weighted by Gasteiger charge is -2.22. The topological polar surface area (TPSA) is 41.6 Å². The number of nitrogens with zero attached hydrogens (tertiary/aromatic N) is 1. The second kappa shape index (κ2) is 7.90. The van der Waals surface area contributed by atoms with E-state index < -0.39 is 6.10 Å². The highest BCUT2D eigenvalue weighted by Gasteiger charge is 2.19. The van der Waals surface area contributed by atoms with Gasteiger partial charge >= 0.3 is 0 Å². The van der Waals surface area contributed by atoms with Crippen LogP contribution in [0.3, 0.4) is 0 Å². The van der Waals surface area contributed by atoms with Gasteiger partial charge in [-0.05, 0) is 32.9 Å². The smallest absolute Gasteiger partial charge is 0.262 e. The number of amides is 1. The largest absolute Gasteiger partial charge is 0.481 e. The molecular formula is C16H26N2O2. The van der Waals surface area contributed by atoms with Gasteiger partial charge in [-0.15, -0.1) is 0 Å². The van der Waals surface area contributed by atoms with Crippen LogP contribution in [0.1, 0.15) is 38.8 Å². The Balaban J connectivity index is 2.82. The fourth-order valence-electron chi connectivity index (χ4n) is 2.02. The Kier molecular flexibility index (Phi) is 6.52. The number of carbonyl (C=O) groups excluding carboxylic acids is 1. The molecule has 0 radical (unpaired) electrons. The van der Waals surface area contributed by atoms with Crippen molar-refractivity contribution in [2.75, 3.05) is 20.6 Å².